The topological polar surface area (TPSA) is 131 Å². The summed E-state index contributed by atoms with van der Waals surface area (Å²) in [5.74, 6) is -1.68. The van der Waals surface area contributed by atoms with Gasteiger partial charge in [0.05, 0.1) is 12.5 Å². The van der Waals surface area contributed by atoms with Gasteiger partial charge in [-0.2, -0.15) is 0 Å². The number of nitrogens with two attached hydrogens (primary N) is 1. The van der Waals surface area contributed by atoms with Crippen LogP contribution in [-0.4, -0.2) is 42.4 Å². The quantitative estimate of drug-likeness (QED) is 0.469. The summed E-state index contributed by atoms with van der Waals surface area (Å²) < 4.78 is 4.39. The Labute approximate surface area is 98.5 Å². The van der Waals surface area contributed by atoms with Gasteiger partial charge in [-0.25, -0.2) is 9.59 Å². The Bertz CT molecular complexity index is 294. The molecule has 0 aliphatic rings. The van der Waals surface area contributed by atoms with E-state index in [9.17, 15) is 14.4 Å². The van der Waals surface area contributed by atoms with Gasteiger partial charge >= 0.3 is 18.1 Å². The van der Waals surface area contributed by atoms with Gasteiger partial charge in [-0.3, -0.25) is 4.79 Å². The number of amides is 3. The molecular weight excluding hydrogens is 230 g/mol. The smallest absolute Gasteiger partial charge is 0.404 e. The number of ether oxygens (including phenoxy) is 1. The first-order valence-electron chi connectivity index (χ1n) is 5.04. The number of primary amides is 1. The third kappa shape index (κ3) is 6.98. The number of carboxylic acid groups (broad SMARTS) is 1. The summed E-state index contributed by atoms with van der Waals surface area (Å²) in [5.41, 5.74) is 4.71. The van der Waals surface area contributed by atoms with Gasteiger partial charge < -0.3 is 26.2 Å². The highest BCUT2D eigenvalue weighted by Crippen LogP contribution is 2.01. The number of rotatable bonds is 6. The number of hydrogen-bond acceptors (Lipinski definition) is 4. The molecule has 0 aliphatic carbocycles. The van der Waals surface area contributed by atoms with Gasteiger partial charge in [0, 0.05) is 6.04 Å². The van der Waals surface area contributed by atoms with Crippen LogP contribution in [0, 0.1) is 5.92 Å². The van der Waals surface area contributed by atoms with Crippen LogP contribution in [0.15, 0.2) is 0 Å². The molecule has 0 aromatic heterocycles. The van der Waals surface area contributed by atoms with Crippen molar-refractivity contribution in [3.05, 3.63) is 0 Å². The summed E-state index contributed by atoms with van der Waals surface area (Å²) in [6.45, 7) is 3.14. The average molecular weight is 247 g/mol. The van der Waals surface area contributed by atoms with Crippen molar-refractivity contribution in [2.75, 3.05) is 13.2 Å². The van der Waals surface area contributed by atoms with Crippen LogP contribution in [-0.2, 0) is 9.53 Å². The summed E-state index contributed by atoms with van der Waals surface area (Å²) in [6, 6.07) is -1.04. The van der Waals surface area contributed by atoms with E-state index in [1.807, 2.05) is 0 Å². The summed E-state index contributed by atoms with van der Waals surface area (Å²) in [6.07, 6.45) is -0.917. The molecule has 0 saturated carbocycles. The summed E-state index contributed by atoms with van der Waals surface area (Å²) in [7, 11) is 0. The van der Waals surface area contributed by atoms with Crippen molar-refractivity contribution in [3.63, 3.8) is 0 Å². The van der Waals surface area contributed by atoms with E-state index >= 15 is 0 Å². The third-order valence-corrected chi connectivity index (χ3v) is 2.13. The molecular formula is C9H17N3O5. The molecule has 8 heteroatoms. The number of nitrogens with one attached hydrogen (secondary N) is 2. The van der Waals surface area contributed by atoms with Crippen LogP contribution < -0.4 is 16.4 Å². The first kappa shape index (κ1) is 15.0. The average Bonchev–Trinajstić information content (AvgIpc) is 2.22. The number of carbonyl (C=O) groups is 3. The number of aliphatic carboxylic acids is 1. The van der Waals surface area contributed by atoms with E-state index < -0.39 is 30.1 Å². The van der Waals surface area contributed by atoms with Crippen LogP contribution in [0.25, 0.3) is 0 Å². The number of carboxylic acids is 1. The number of carbonyl (C=O) groups excluding carboxylic acids is 2. The summed E-state index contributed by atoms with van der Waals surface area (Å²) in [5, 5.41) is 13.5. The Balaban J connectivity index is 3.78. The van der Waals surface area contributed by atoms with E-state index in [1.165, 1.54) is 6.92 Å². The Morgan fingerprint density at radius 1 is 1.35 bits per heavy atom. The molecule has 0 aliphatic heterocycles. The van der Waals surface area contributed by atoms with Crippen molar-refractivity contribution < 1.29 is 24.2 Å². The zero-order valence-corrected chi connectivity index (χ0v) is 9.73. The van der Waals surface area contributed by atoms with Crippen molar-refractivity contribution in [3.8, 4) is 0 Å². The molecule has 0 heterocycles. The Hall–Kier alpha value is -1.99. The lowest BCUT2D eigenvalue weighted by molar-refractivity contribution is -0.141. The SMILES string of the molecule is CC(NC(=O)NCCOC(N)=O)C(C)C(=O)O. The molecule has 5 N–H and O–H groups in total. The molecule has 0 aromatic carbocycles. The molecule has 0 aromatic rings. The maximum absolute atomic E-state index is 11.2. The molecule has 3 amide bonds. The van der Waals surface area contributed by atoms with Crippen LogP contribution in [0.1, 0.15) is 13.8 Å². The number of hydrogen-bond donors (Lipinski definition) is 4. The minimum Gasteiger partial charge on any atom is -0.481 e. The maximum Gasteiger partial charge on any atom is 0.404 e. The first-order chi connectivity index (χ1) is 7.84. The molecule has 2 atom stereocenters. The lowest BCUT2D eigenvalue weighted by Crippen LogP contribution is -2.46. The van der Waals surface area contributed by atoms with Gasteiger partial charge in [0.15, 0.2) is 0 Å². The molecule has 98 valence electrons. The standard InChI is InChI=1S/C9H17N3O5/c1-5(7(13)14)6(2)12-9(16)11-3-4-17-8(10)15/h5-6H,3-4H2,1-2H3,(H2,10,15)(H,13,14)(H2,11,12,16). The fourth-order valence-electron chi connectivity index (χ4n) is 0.913. The van der Waals surface area contributed by atoms with Crippen molar-refractivity contribution in [1.29, 1.82) is 0 Å². The predicted octanol–water partition coefficient (Wildman–Crippen LogP) is -0.510. The van der Waals surface area contributed by atoms with E-state index in [0.29, 0.717) is 0 Å². The normalized spacial score (nSPS) is 13.3. The monoisotopic (exact) mass is 247 g/mol. The van der Waals surface area contributed by atoms with E-state index in [2.05, 4.69) is 15.4 Å². The second kappa shape index (κ2) is 7.31. The van der Waals surface area contributed by atoms with Crippen molar-refractivity contribution in [2.24, 2.45) is 11.7 Å². The second-order valence-corrected chi connectivity index (χ2v) is 3.48. The largest absolute Gasteiger partial charge is 0.481 e. The van der Waals surface area contributed by atoms with Crippen LogP contribution in [0.2, 0.25) is 0 Å². The van der Waals surface area contributed by atoms with Crippen LogP contribution in [0.5, 0.6) is 0 Å². The first-order valence-corrected chi connectivity index (χ1v) is 5.04. The molecule has 0 saturated heterocycles. The zero-order chi connectivity index (χ0) is 13.4. The molecule has 2 unspecified atom stereocenters. The molecule has 0 rings (SSSR count). The fraction of sp³-hybridized carbons (Fsp3) is 0.667. The van der Waals surface area contributed by atoms with E-state index in [1.54, 1.807) is 6.92 Å². The maximum atomic E-state index is 11.2. The Morgan fingerprint density at radius 2 is 1.94 bits per heavy atom. The van der Waals surface area contributed by atoms with Crippen LogP contribution in [0.3, 0.4) is 0 Å². The van der Waals surface area contributed by atoms with Gasteiger partial charge in [-0.05, 0) is 13.8 Å². The van der Waals surface area contributed by atoms with Gasteiger partial charge in [0.2, 0.25) is 0 Å². The predicted molar refractivity (Wildman–Crippen MR) is 58.3 cm³/mol. The lowest BCUT2D eigenvalue weighted by Gasteiger charge is -2.17. The zero-order valence-electron chi connectivity index (χ0n) is 9.73. The molecule has 8 nitrogen and oxygen atoms in total. The molecule has 17 heavy (non-hydrogen) atoms. The molecule has 0 fully saturated rings. The highest BCUT2D eigenvalue weighted by molar-refractivity contribution is 5.76. The van der Waals surface area contributed by atoms with Crippen molar-refractivity contribution in [1.82, 2.24) is 10.6 Å². The van der Waals surface area contributed by atoms with E-state index in [-0.39, 0.29) is 13.2 Å². The Morgan fingerprint density at radius 3 is 2.41 bits per heavy atom. The van der Waals surface area contributed by atoms with E-state index in [0.717, 1.165) is 0 Å². The van der Waals surface area contributed by atoms with Gasteiger partial charge in [-0.15, -0.1) is 0 Å². The van der Waals surface area contributed by atoms with E-state index in [4.69, 9.17) is 10.8 Å². The Kier molecular flexibility index (Phi) is 6.46. The molecule has 0 bridgehead atoms. The van der Waals surface area contributed by atoms with Crippen molar-refractivity contribution in [2.45, 2.75) is 19.9 Å². The second-order valence-electron chi connectivity index (χ2n) is 3.48. The fourth-order valence-corrected chi connectivity index (χ4v) is 0.913. The highest BCUT2D eigenvalue weighted by atomic mass is 16.5. The minimum atomic E-state index is -0.991. The van der Waals surface area contributed by atoms with Gasteiger partial charge in [-0.1, -0.05) is 0 Å². The lowest BCUT2D eigenvalue weighted by atomic mass is 10.0. The minimum absolute atomic E-state index is 0.0361. The van der Waals surface area contributed by atoms with Crippen LogP contribution in [0.4, 0.5) is 9.59 Å². The number of urea groups is 1. The molecule has 0 radical (unpaired) electrons. The van der Waals surface area contributed by atoms with Gasteiger partial charge in [0.25, 0.3) is 0 Å². The highest BCUT2D eigenvalue weighted by Gasteiger charge is 2.20. The van der Waals surface area contributed by atoms with Crippen molar-refractivity contribution >= 4 is 18.1 Å². The molecule has 0 spiro atoms. The summed E-state index contributed by atoms with van der Waals surface area (Å²) >= 11 is 0. The summed E-state index contributed by atoms with van der Waals surface area (Å²) in [4.78, 5) is 32.0. The van der Waals surface area contributed by atoms with Gasteiger partial charge in [0.1, 0.15) is 6.61 Å². The third-order valence-electron chi connectivity index (χ3n) is 2.13. The van der Waals surface area contributed by atoms with Crippen LogP contribution >= 0.6 is 0 Å².